The number of carbonyl (C=O) groups excluding carboxylic acids is 1. The minimum atomic E-state index is -0.223. The van der Waals surface area contributed by atoms with Crippen LogP contribution in [0.15, 0.2) is 49.2 Å². The molecule has 9 heteroatoms. The maximum absolute atomic E-state index is 12.3. The summed E-state index contributed by atoms with van der Waals surface area (Å²) in [5, 5.41) is 10.5. The standard InChI is InChI=1S/C26H27N7O2/c1-3-24(34)33-15-14-32(16-18(33)9-11-27)25-20-10-13-31(17-22(20)29-26(30-25)35-2)23-8-4-7-21-19(23)6-5-12-28-21/h3-8,12,18H,1,9-10,13-17H2,2H3. The summed E-state index contributed by atoms with van der Waals surface area (Å²) in [5.41, 5.74) is 4.12. The van der Waals surface area contributed by atoms with Crippen LogP contribution in [0.4, 0.5) is 11.5 Å². The van der Waals surface area contributed by atoms with E-state index >= 15 is 0 Å². The number of hydrogen-bond acceptors (Lipinski definition) is 8. The van der Waals surface area contributed by atoms with Gasteiger partial charge in [-0.2, -0.15) is 15.2 Å². The van der Waals surface area contributed by atoms with Crippen LogP contribution in [0.25, 0.3) is 10.9 Å². The SMILES string of the molecule is C=CC(=O)N1CCN(c2nc(OC)nc3c2CCN(c2cccc4ncccc24)C3)CC1CC#N. The number of carbonyl (C=O) groups is 1. The molecule has 0 radical (unpaired) electrons. The van der Waals surface area contributed by atoms with Gasteiger partial charge in [-0.05, 0) is 36.8 Å². The summed E-state index contributed by atoms with van der Waals surface area (Å²) < 4.78 is 5.47. The van der Waals surface area contributed by atoms with Crippen molar-refractivity contribution >= 4 is 28.3 Å². The van der Waals surface area contributed by atoms with Gasteiger partial charge in [0.25, 0.3) is 0 Å². The Morgan fingerprint density at radius 3 is 2.91 bits per heavy atom. The minimum Gasteiger partial charge on any atom is -0.467 e. The summed E-state index contributed by atoms with van der Waals surface area (Å²) >= 11 is 0. The van der Waals surface area contributed by atoms with Gasteiger partial charge in [0, 0.05) is 49.0 Å². The van der Waals surface area contributed by atoms with E-state index in [4.69, 9.17) is 14.7 Å². The van der Waals surface area contributed by atoms with Crippen LogP contribution in [0.3, 0.4) is 0 Å². The van der Waals surface area contributed by atoms with E-state index in [-0.39, 0.29) is 18.4 Å². The molecule has 1 atom stereocenters. The normalized spacial score (nSPS) is 17.6. The molecule has 0 saturated carbocycles. The minimum absolute atomic E-state index is 0.146. The first-order valence-electron chi connectivity index (χ1n) is 11.7. The number of anilines is 2. The molecule has 1 fully saturated rings. The van der Waals surface area contributed by atoms with Gasteiger partial charge in [0.1, 0.15) is 5.82 Å². The fourth-order valence-corrected chi connectivity index (χ4v) is 5.05. The fourth-order valence-electron chi connectivity index (χ4n) is 5.05. The lowest BCUT2D eigenvalue weighted by atomic mass is 10.0. The van der Waals surface area contributed by atoms with Crippen LogP contribution in [-0.2, 0) is 17.8 Å². The number of nitriles is 1. The number of ether oxygens (including phenoxy) is 1. The van der Waals surface area contributed by atoms with Gasteiger partial charge >= 0.3 is 6.01 Å². The average molecular weight is 470 g/mol. The largest absolute Gasteiger partial charge is 0.467 e. The van der Waals surface area contributed by atoms with Gasteiger partial charge in [-0.1, -0.05) is 12.6 Å². The number of hydrogen-bond donors (Lipinski definition) is 0. The van der Waals surface area contributed by atoms with E-state index < -0.39 is 0 Å². The lowest BCUT2D eigenvalue weighted by Gasteiger charge is -2.42. The molecule has 5 rings (SSSR count). The monoisotopic (exact) mass is 469 g/mol. The Kier molecular flexibility index (Phi) is 6.19. The molecule has 3 aromatic rings. The van der Waals surface area contributed by atoms with Crippen molar-refractivity contribution < 1.29 is 9.53 Å². The van der Waals surface area contributed by atoms with E-state index in [0.29, 0.717) is 32.2 Å². The van der Waals surface area contributed by atoms with Gasteiger partial charge in [-0.3, -0.25) is 9.78 Å². The van der Waals surface area contributed by atoms with Gasteiger partial charge in [0.15, 0.2) is 0 Å². The third-order valence-electron chi connectivity index (χ3n) is 6.74. The predicted molar refractivity (Wildman–Crippen MR) is 133 cm³/mol. The number of rotatable bonds is 5. The first-order valence-corrected chi connectivity index (χ1v) is 11.7. The molecular weight excluding hydrogens is 442 g/mol. The van der Waals surface area contributed by atoms with Crippen molar-refractivity contribution in [3.05, 3.63) is 60.4 Å². The van der Waals surface area contributed by atoms with Crippen molar-refractivity contribution in [1.82, 2.24) is 19.9 Å². The van der Waals surface area contributed by atoms with Gasteiger partial charge in [-0.15, -0.1) is 0 Å². The van der Waals surface area contributed by atoms with Crippen LogP contribution in [0.5, 0.6) is 6.01 Å². The second kappa shape index (κ2) is 9.58. The maximum atomic E-state index is 12.3. The summed E-state index contributed by atoms with van der Waals surface area (Å²) in [6.45, 7) is 6.71. The lowest BCUT2D eigenvalue weighted by Crippen LogP contribution is -2.55. The molecular formula is C26H27N7O2. The molecule has 2 aliphatic rings. The van der Waals surface area contributed by atoms with E-state index in [1.165, 1.54) is 6.08 Å². The second-order valence-corrected chi connectivity index (χ2v) is 8.68. The van der Waals surface area contributed by atoms with Crippen molar-refractivity contribution in [2.75, 3.05) is 43.1 Å². The zero-order valence-corrected chi connectivity index (χ0v) is 19.7. The Labute approximate surface area is 204 Å². The molecule has 4 heterocycles. The molecule has 178 valence electrons. The lowest BCUT2D eigenvalue weighted by molar-refractivity contribution is -0.128. The Morgan fingerprint density at radius 2 is 2.11 bits per heavy atom. The maximum Gasteiger partial charge on any atom is 0.318 e. The summed E-state index contributed by atoms with van der Waals surface area (Å²) in [6, 6.07) is 12.5. The summed E-state index contributed by atoms with van der Waals surface area (Å²) in [6.07, 6.45) is 4.15. The molecule has 1 aromatic carbocycles. The summed E-state index contributed by atoms with van der Waals surface area (Å²) in [7, 11) is 1.57. The van der Waals surface area contributed by atoms with Crippen LogP contribution in [-0.4, -0.2) is 65.1 Å². The molecule has 1 unspecified atom stereocenters. The highest BCUT2D eigenvalue weighted by Gasteiger charge is 2.33. The molecule has 0 N–H and O–H groups in total. The number of aromatic nitrogens is 3. The van der Waals surface area contributed by atoms with E-state index in [9.17, 15) is 10.1 Å². The highest BCUT2D eigenvalue weighted by atomic mass is 16.5. The predicted octanol–water partition coefficient (Wildman–Crippen LogP) is 2.71. The molecule has 0 aliphatic carbocycles. The Hall–Kier alpha value is -4.19. The molecule has 2 aliphatic heterocycles. The van der Waals surface area contributed by atoms with E-state index in [1.807, 2.05) is 24.4 Å². The Morgan fingerprint density at radius 1 is 1.23 bits per heavy atom. The van der Waals surface area contributed by atoms with E-state index in [1.54, 1.807) is 12.0 Å². The number of piperazine rings is 1. The first kappa shape index (κ1) is 22.6. The van der Waals surface area contributed by atoms with Crippen molar-refractivity contribution in [3.8, 4) is 12.1 Å². The van der Waals surface area contributed by atoms with Crippen LogP contribution in [0, 0.1) is 11.3 Å². The number of benzene rings is 1. The number of amides is 1. The zero-order chi connectivity index (χ0) is 24.4. The van der Waals surface area contributed by atoms with Crippen molar-refractivity contribution in [2.24, 2.45) is 0 Å². The molecule has 2 aromatic heterocycles. The third kappa shape index (κ3) is 4.23. The third-order valence-corrected chi connectivity index (χ3v) is 6.74. The van der Waals surface area contributed by atoms with Crippen molar-refractivity contribution in [1.29, 1.82) is 5.26 Å². The molecule has 9 nitrogen and oxygen atoms in total. The highest BCUT2D eigenvalue weighted by Crippen LogP contribution is 2.34. The van der Waals surface area contributed by atoms with E-state index in [0.717, 1.165) is 46.6 Å². The fraction of sp³-hybridized carbons (Fsp3) is 0.346. The molecule has 0 bridgehead atoms. The molecule has 1 saturated heterocycles. The van der Waals surface area contributed by atoms with Crippen LogP contribution in [0.1, 0.15) is 17.7 Å². The number of fused-ring (bicyclic) bond motifs is 2. The smallest absolute Gasteiger partial charge is 0.318 e. The van der Waals surface area contributed by atoms with Gasteiger partial charge in [0.2, 0.25) is 5.91 Å². The van der Waals surface area contributed by atoms with Crippen LogP contribution >= 0.6 is 0 Å². The number of nitrogens with zero attached hydrogens (tertiary/aromatic N) is 7. The molecule has 1 amide bonds. The molecule has 35 heavy (non-hydrogen) atoms. The second-order valence-electron chi connectivity index (χ2n) is 8.68. The van der Waals surface area contributed by atoms with Gasteiger partial charge in [0.05, 0.1) is 43.4 Å². The Balaban J connectivity index is 1.47. The average Bonchev–Trinajstić information content (AvgIpc) is 2.91. The van der Waals surface area contributed by atoms with Crippen molar-refractivity contribution in [2.45, 2.75) is 25.4 Å². The van der Waals surface area contributed by atoms with Crippen molar-refractivity contribution in [3.63, 3.8) is 0 Å². The quantitative estimate of drug-likeness (QED) is 0.526. The van der Waals surface area contributed by atoms with Gasteiger partial charge in [-0.25, -0.2) is 0 Å². The van der Waals surface area contributed by atoms with E-state index in [2.05, 4.69) is 39.6 Å². The number of pyridine rings is 1. The Bertz CT molecular complexity index is 1310. The molecule has 0 spiro atoms. The topological polar surface area (TPSA) is 98.5 Å². The summed E-state index contributed by atoms with van der Waals surface area (Å²) in [5.74, 6) is 0.687. The first-order chi connectivity index (χ1) is 17.1. The van der Waals surface area contributed by atoms with Crippen LogP contribution < -0.4 is 14.5 Å². The highest BCUT2D eigenvalue weighted by molar-refractivity contribution is 5.91. The van der Waals surface area contributed by atoms with Gasteiger partial charge < -0.3 is 19.4 Å². The van der Waals surface area contributed by atoms with Crippen LogP contribution in [0.2, 0.25) is 0 Å². The number of methoxy groups -OCH3 is 1. The zero-order valence-electron chi connectivity index (χ0n) is 19.7. The summed E-state index contributed by atoms with van der Waals surface area (Å²) in [4.78, 5) is 32.5.